The number of carbonyl (C=O) groups excluding carboxylic acids is 1. The average molecular weight is 279 g/mol. The molecular weight excluding hydrogens is 266 g/mol. The van der Waals surface area contributed by atoms with E-state index in [2.05, 4.69) is 26.1 Å². The molecule has 0 saturated heterocycles. The zero-order chi connectivity index (χ0) is 14.5. The third-order valence-electron chi connectivity index (χ3n) is 2.82. The number of anilines is 2. The number of hydrazine groups is 1. The molecule has 0 aliphatic rings. The SMILES string of the molecule is O=C(NNc1ccccc1)Nc1ccc2nccnc2c1. The van der Waals surface area contributed by atoms with E-state index in [1.807, 2.05) is 36.4 Å². The number of hydrogen-bond acceptors (Lipinski definition) is 4. The van der Waals surface area contributed by atoms with Crippen LogP contribution in [0.1, 0.15) is 0 Å². The van der Waals surface area contributed by atoms with Crippen LogP contribution >= 0.6 is 0 Å². The van der Waals surface area contributed by atoms with Crippen molar-refractivity contribution >= 4 is 28.4 Å². The van der Waals surface area contributed by atoms with Gasteiger partial charge in [0.05, 0.1) is 16.7 Å². The molecule has 0 unspecified atom stereocenters. The third-order valence-corrected chi connectivity index (χ3v) is 2.82. The lowest BCUT2D eigenvalue weighted by atomic mass is 10.2. The quantitative estimate of drug-likeness (QED) is 0.644. The van der Waals surface area contributed by atoms with Crippen LogP contribution in [0.2, 0.25) is 0 Å². The molecule has 0 fully saturated rings. The van der Waals surface area contributed by atoms with Gasteiger partial charge >= 0.3 is 6.03 Å². The Morgan fingerprint density at radius 2 is 1.62 bits per heavy atom. The number of rotatable bonds is 3. The molecule has 0 atom stereocenters. The van der Waals surface area contributed by atoms with Crippen molar-refractivity contribution in [2.24, 2.45) is 0 Å². The molecule has 104 valence electrons. The van der Waals surface area contributed by atoms with Gasteiger partial charge in [-0.1, -0.05) is 18.2 Å². The number of para-hydroxylation sites is 1. The van der Waals surface area contributed by atoms with Crippen LogP contribution in [0, 0.1) is 0 Å². The Hall–Kier alpha value is -3.15. The zero-order valence-corrected chi connectivity index (χ0v) is 11.1. The van der Waals surface area contributed by atoms with Gasteiger partial charge in [0.1, 0.15) is 0 Å². The first-order valence-corrected chi connectivity index (χ1v) is 6.40. The van der Waals surface area contributed by atoms with E-state index in [9.17, 15) is 4.79 Å². The normalized spacial score (nSPS) is 10.1. The maximum absolute atomic E-state index is 11.8. The summed E-state index contributed by atoms with van der Waals surface area (Å²) in [7, 11) is 0. The predicted octanol–water partition coefficient (Wildman–Crippen LogP) is 2.78. The molecule has 0 saturated carbocycles. The van der Waals surface area contributed by atoms with Gasteiger partial charge in [0.2, 0.25) is 0 Å². The van der Waals surface area contributed by atoms with E-state index in [1.165, 1.54) is 0 Å². The van der Waals surface area contributed by atoms with Crippen LogP contribution < -0.4 is 16.2 Å². The Bertz CT molecular complexity index is 760. The molecule has 1 heterocycles. The first-order valence-electron chi connectivity index (χ1n) is 6.40. The summed E-state index contributed by atoms with van der Waals surface area (Å²) in [5, 5.41) is 2.72. The van der Waals surface area contributed by atoms with Crippen molar-refractivity contribution in [1.82, 2.24) is 15.4 Å². The summed E-state index contributed by atoms with van der Waals surface area (Å²) in [6.07, 6.45) is 3.25. The minimum atomic E-state index is -0.359. The van der Waals surface area contributed by atoms with E-state index < -0.39 is 0 Å². The molecule has 1 aromatic heterocycles. The first kappa shape index (κ1) is 12.9. The van der Waals surface area contributed by atoms with Crippen molar-refractivity contribution < 1.29 is 4.79 Å². The Labute approximate surface area is 121 Å². The van der Waals surface area contributed by atoms with Crippen LogP contribution in [0.3, 0.4) is 0 Å². The van der Waals surface area contributed by atoms with E-state index in [1.54, 1.807) is 24.5 Å². The van der Waals surface area contributed by atoms with E-state index in [4.69, 9.17) is 0 Å². The van der Waals surface area contributed by atoms with Crippen molar-refractivity contribution in [3.63, 3.8) is 0 Å². The zero-order valence-electron chi connectivity index (χ0n) is 11.1. The molecule has 3 N–H and O–H groups in total. The van der Waals surface area contributed by atoms with Crippen LogP contribution in [0.15, 0.2) is 60.9 Å². The lowest BCUT2D eigenvalue weighted by Crippen LogP contribution is -2.33. The molecule has 2 aromatic carbocycles. The first-order chi connectivity index (χ1) is 10.3. The van der Waals surface area contributed by atoms with E-state index >= 15 is 0 Å². The summed E-state index contributed by atoms with van der Waals surface area (Å²) >= 11 is 0. The third kappa shape index (κ3) is 3.24. The standard InChI is InChI=1S/C15H13N5O/c21-15(20-19-11-4-2-1-3-5-11)18-12-6-7-13-14(10-12)17-9-8-16-13/h1-10,19H,(H2,18,20,21). The van der Waals surface area contributed by atoms with Crippen LogP contribution in [-0.4, -0.2) is 16.0 Å². The van der Waals surface area contributed by atoms with Crippen LogP contribution in [0.4, 0.5) is 16.2 Å². The van der Waals surface area contributed by atoms with Crippen molar-refractivity contribution in [3.8, 4) is 0 Å². The highest BCUT2D eigenvalue weighted by atomic mass is 16.2. The van der Waals surface area contributed by atoms with E-state index in [0.717, 1.165) is 16.7 Å². The predicted molar refractivity (Wildman–Crippen MR) is 81.8 cm³/mol. The summed E-state index contributed by atoms with van der Waals surface area (Å²) in [6.45, 7) is 0. The van der Waals surface area contributed by atoms with Gasteiger partial charge in [-0.25, -0.2) is 4.79 Å². The Balaban J connectivity index is 1.63. The highest BCUT2D eigenvalue weighted by Crippen LogP contribution is 2.14. The molecule has 21 heavy (non-hydrogen) atoms. The second-order valence-electron chi connectivity index (χ2n) is 4.33. The summed E-state index contributed by atoms with van der Waals surface area (Å²) in [5.74, 6) is 0. The molecule has 0 radical (unpaired) electrons. The van der Waals surface area contributed by atoms with Gasteiger partial charge < -0.3 is 5.32 Å². The number of fused-ring (bicyclic) bond motifs is 1. The fraction of sp³-hybridized carbons (Fsp3) is 0. The molecule has 6 nitrogen and oxygen atoms in total. The van der Waals surface area contributed by atoms with Crippen molar-refractivity contribution in [1.29, 1.82) is 0 Å². The summed E-state index contributed by atoms with van der Waals surface area (Å²) in [5.41, 5.74) is 8.33. The Morgan fingerprint density at radius 1 is 0.857 bits per heavy atom. The van der Waals surface area contributed by atoms with Crippen molar-refractivity contribution in [3.05, 3.63) is 60.9 Å². The van der Waals surface area contributed by atoms with Gasteiger partial charge in [0, 0.05) is 18.1 Å². The van der Waals surface area contributed by atoms with E-state index in [0.29, 0.717) is 5.69 Å². The highest BCUT2D eigenvalue weighted by Gasteiger charge is 2.03. The lowest BCUT2D eigenvalue weighted by Gasteiger charge is -2.10. The number of urea groups is 1. The van der Waals surface area contributed by atoms with Gasteiger partial charge in [0.25, 0.3) is 0 Å². The number of carbonyl (C=O) groups is 1. The lowest BCUT2D eigenvalue weighted by molar-refractivity contribution is 0.254. The summed E-state index contributed by atoms with van der Waals surface area (Å²) in [4.78, 5) is 20.2. The number of amides is 2. The van der Waals surface area contributed by atoms with Gasteiger partial charge in [-0.05, 0) is 30.3 Å². The van der Waals surface area contributed by atoms with Crippen LogP contribution in [-0.2, 0) is 0 Å². The maximum atomic E-state index is 11.8. The highest BCUT2D eigenvalue weighted by molar-refractivity contribution is 5.92. The topological polar surface area (TPSA) is 78.9 Å². The minimum Gasteiger partial charge on any atom is -0.307 e. The van der Waals surface area contributed by atoms with Crippen LogP contribution in [0.25, 0.3) is 11.0 Å². The molecular formula is C15H13N5O. The molecule has 3 aromatic rings. The number of hydrogen-bond donors (Lipinski definition) is 3. The fourth-order valence-corrected chi connectivity index (χ4v) is 1.85. The van der Waals surface area contributed by atoms with Gasteiger partial charge in [-0.3, -0.25) is 20.8 Å². The fourth-order valence-electron chi connectivity index (χ4n) is 1.85. The largest absolute Gasteiger partial charge is 0.337 e. The smallest absolute Gasteiger partial charge is 0.307 e. The number of aromatic nitrogens is 2. The molecule has 0 spiro atoms. The molecule has 3 rings (SSSR count). The second kappa shape index (κ2) is 5.87. The molecule has 2 amide bonds. The van der Waals surface area contributed by atoms with Crippen molar-refractivity contribution in [2.75, 3.05) is 10.7 Å². The molecule has 0 aliphatic carbocycles. The number of nitrogens with zero attached hydrogens (tertiary/aromatic N) is 2. The average Bonchev–Trinajstić information content (AvgIpc) is 2.54. The number of nitrogens with one attached hydrogen (secondary N) is 3. The Kier molecular flexibility index (Phi) is 3.60. The van der Waals surface area contributed by atoms with Gasteiger partial charge in [0.15, 0.2) is 0 Å². The van der Waals surface area contributed by atoms with Gasteiger partial charge in [-0.15, -0.1) is 0 Å². The van der Waals surface area contributed by atoms with E-state index in [-0.39, 0.29) is 6.03 Å². The molecule has 0 aliphatic heterocycles. The summed E-state index contributed by atoms with van der Waals surface area (Å²) in [6, 6.07) is 14.4. The van der Waals surface area contributed by atoms with Crippen LogP contribution in [0.5, 0.6) is 0 Å². The number of benzene rings is 2. The molecule has 6 heteroatoms. The van der Waals surface area contributed by atoms with Gasteiger partial charge in [-0.2, -0.15) is 0 Å². The minimum absolute atomic E-state index is 0.359. The maximum Gasteiger partial charge on any atom is 0.337 e. The monoisotopic (exact) mass is 279 g/mol. The second-order valence-corrected chi connectivity index (χ2v) is 4.33. The Morgan fingerprint density at radius 3 is 2.43 bits per heavy atom. The molecule has 0 bridgehead atoms. The summed E-state index contributed by atoms with van der Waals surface area (Å²) < 4.78 is 0. The van der Waals surface area contributed by atoms with Crippen molar-refractivity contribution in [2.45, 2.75) is 0 Å².